The normalized spacial score (nSPS) is 12.7. The van der Waals surface area contributed by atoms with Gasteiger partial charge in [0.15, 0.2) is 0 Å². The zero-order valence-corrected chi connectivity index (χ0v) is 13.6. The summed E-state index contributed by atoms with van der Waals surface area (Å²) in [6.07, 6.45) is 1.58. The van der Waals surface area contributed by atoms with Crippen molar-refractivity contribution < 1.29 is 12.8 Å². The zero-order chi connectivity index (χ0) is 16.4. The summed E-state index contributed by atoms with van der Waals surface area (Å²) in [4.78, 5) is 0.317. The zero-order valence-electron chi connectivity index (χ0n) is 12.0. The summed E-state index contributed by atoms with van der Waals surface area (Å²) >= 11 is 1.13. The van der Waals surface area contributed by atoms with Crippen molar-refractivity contribution in [2.75, 3.05) is 0 Å². The molecule has 23 heavy (non-hydrogen) atoms. The standard InChI is InChI=1S/C16H13FN2O2S2/c1-2-11-19-15-13(17)9-6-10-14(15)22-16(19)18-23(20,21)12-7-4-3-5-8-12/h2-10H,1,11H2/b18-16-. The molecule has 0 aliphatic heterocycles. The lowest BCUT2D eigenvalue weighted by Crippen LogP contribution is -2.17. The lowest BCUT2D eigenvalue weighted by molar-refractivity contribution is 0.595. The minimum absolute atomic E-state index is 0.100. The third-order valence-corrected chi connectivity index (χ3v) is 5.64. The largest absolute Gasteiger partial charge is 0.309 e. The summed E-state index contributed by atoms with van der Waals surface area (Å²) in [5.41, 5.74) is 0.333. The Morgan fingerprint density at radius 3 is 2.61 bits per heavy atom. The van der Waals surface area contributed by atoms with Crippen molar-refractivity contribution in [3.05, 3.63) is 71.8 Å². The van der Waals surface area contributed by atoms with Gasteiger partial charge < -0.3 is 4.57 Å². The molecule has 0 atom stereocenters. The first kappa shape index (κ1) is 15.6. The van der Waals surface area contributed by atoms with E-state index in [4.69, 9.17) is 0 Å². The van der Waals surface area contributed by atoms with Gasteiger partial charge in [0.1, 0.15) is 5.82 Å². The molecule has 0 saturated carbocycles. The molecule has 0 saturated heterocycles. The van der Waals surface area contributed by atoms with Gasteiger partial charge in [-0.15, -0.1) is 11.0 Å². The van der Waals surface area contributed by atoms with E-state index in [1.54, 1.807) is 36.4 Å². The second kappa shape index (κ2) is 6.10. The van der Waals surface area contributed by atoms with Crippen LogP contribution in [-0.2, 0) is 16.6 Å². The summed E-state index contributed by atoms with van der Waals surface area (Å²) < 4.78 is 45.0. The molecular weight excluding hydrogens is 335 g/mol. The fourth-order valence-electron chi connectivity index (χ4n) is 2.20. The highest BCUT2D eigenvalue weighted by Crippen LogP contribution is 2.21. The van der Waals surface area contributed by atoms with E-state index in [-0.39, 0.29) is 16.2 Å². The third kappa shape index (κ3) is 2.97. The maximum Gasteiger partial charge on any atom is 0.285 e. The number of fused-ring (bicyclic) bond motifs is 1. The predicted molar refractivity (Wildman–Crippen MR) is 89.2 cm³/mol. The smallest absolute Gasteiger partial charge is 0.285 e. The van der Waals surface area contributed by atoms with Gasteiger partial charge in [-0.1, -0.05) is 41.7 Å². The molecule has 1 heterocycles. The average Bonchev–Trinajstić information content (AvgIpc) is 2.87. The number of halogens is 1. The molecule has 0 amide bonds. The van der Waals surface area contributed by atoms with Crippen molar-refractivity contribution in [3.63, 3.8) is 0 Å². The number of sulfonamides is 1. The van der Waals surface area contributed by atoms with Crippen molar-refractivity contribution in [3.8, 4) is 0 Å². The van der Waals surface area contributed by atoms with Crippen LogP contribution in [0.5, 0.6) is 0 Å². The molecule has 0 bridgehead atoms. The molecule has 4 nitrogen and oxygen atoms in total. The van der Waals surface area contributed by atoms with Gasteiger partial charge >= 0.3 is 0 Å². The number of rotatable bonds is 4. The number of para-hydroxylation sites is 1. The number of hydrogen-bond acceptors (Lipinski definition) is 3. The third-order valence-electron chi connectivity index (χ3n) is 3.20. The van der Waals surface area contributed by atoms with Crippen LogP contribution in [0.25, 0.3) is 10.2 Å². The maximum atomic E-state index is 14.1. The Labute approximate surface area is 136 Å². The molecule has 2 aromatic carbocycles. The molecule has 3 rings (SSSR count). The van der Waals surface area contributed by atoms with Crippen LogP contribution in [0.4, 0.5) is 4.39 Å². The summed E-state index contributed by atoms with van der Waals surface area (Å²) in [5.74, 6) is -0.417. The maximum absolute atomic E-state index is 14.1. The Hall–Kier alpha value is -2.25. The molecular formula is C16H13FN2O2S2. The number of hydrogen-bond donors (Lipinski definition) is 0. The van der Waals surface area contributed by atoms with Crippen LogP contribution >= 0.6 is 11.3 Å². The highest BCUT2D eigenvalue weighted by atomic mass is 32.2. The fraction of sp³-hybridized carbons (Fsp3) is 0.0625. The van der Waals surface area contributed by atoms with E-state index in [1.807, 2.05) is 0 Å². The second-order valence-corrected chi connectivity index (χ2v) is 7.36. The molecule has 0 aliphatic rings. The number of aromatic nitrogens is 1. The molecule has 118 valence electrons. The number of allylic oxidation sites excluding steroid dienone is 1. The van der Waals surface area contributed by atoms with Gasteiger partial charge in [0.25, 0.3) is 10.0 Å². The Bertz CT molecular complexity index is 1030. The van der Waals surface area contributed by atoms with E-state index in [0.29, 0.717) is 10.2 Å². The van der Waals surface area contributed by atoms with Gasteiger partial charge in [-0.05, 0) is 24.3 Å². The van der Waals surface area contributed by atoms with Gasteiger partial charge in [0.2, 0.25) is 4.80 Å². The first-order chi connectivity index (χ1) is 11.0. The number of thiazole rings is 1. The van der Waals surface area contributed by atoms with E-state index in [9.17, 15) is 12.8 Å². The topological polar surface area (TPSA) is 51.4 Å². The average molecular weight is 348 g/mol. The van der Waals surface area contributed by atoms with Gasteiger partial charge in [-0.2, -0.15) is 8.42 Å². The van der Waals surface area contributed by atoms with E-state index in [0.717, 1.165) is 11.3 Å². The minimum Gasteiger partial charge on any atom is -0.309 e. The van der Waals surface area contributed by atoms with E-state index >= 15 is 0 Å². The Kier molecular flexibility index (Phi) is 4.14. The minimum atomic E-state index is -3.86. The van der Waals surface area contributed by atoms with Crippen LogP contribution in [0.2, 0.25) is 0 Å². The SMILES string of the molecule is C=CCn1/c(=N/S(=O)(=O)c2ccccc2)sc2cccc(F)c21. The van der Waals surface area contributed by atoms with Gasteiger partial charge in [-0.3, -0.25) is 0 Å². The molecule has 0 radical (unpaired) electrons. The van der Waals surface area contributed by atoms with E-state index < -0.39 is 15.8 Å². The van der Waals surface area contributed by atoms with Gasteiger partial charge in [0.05, 0.1) is 15.1 Å². The van der Waals surface area contributed by atoms with Gasteiger partial charge in [0, 0.05) is 6.54 Å². The quantitative estimate of drug-likeness (QED) is 0.679. The summed E-state index contributed by atoms with van der Waals surface area (Å²) in [5, 5.41) is 0. The van der Waals surface area contributed by atoms with Crippen molar-refractivity contribution >= 4 is 31.6 Å². The van der Waals surface area contributed by atoms with Crippen LogP contribution < -0.4 is 4.80 Å². The summed E-state index contributed by atoms with van der Waals surface area (Å²) in [6.45, 7) is 3.91. The molecule has 3 aromatic rings. The van der Waals surface area contributed by atoms with E-state index in [1.165, 1.54) is 22.8 Å². The molecule has 0 unspecified atom stereocenters. The van der Waals surface area contributed by atoms with Crippen molar-refractivity contribution in [2.45, 2.75) is 11.4 Å². The Morgan fingerprint density at radius 2 is 1.91 bits per heavy atom. The first-order valence-corrected chi connectivity index (χ1v) is 9.03. The fourth-order valence-corrected chi connectivity index (χ4v) is 4.48. The number of benzene rings is 2. The molecule has 0 spiro atoms. The second-order valence-electron chi connectivity index (χ2n) is 4.75. The molecule has 0 aliphatic carbocycles. The molecule has 0 fully saturated rings. The molecule has 0 N–H and O–H groups in total. The highest BCUT2D eigenvalue weighted by molar-refractivity contribution is 7.90. The number of nitrogens with zero attached hydrogens (tertiary/aromatic N) is 2. The van der Waals surface area contributed by atoms with Crippen LogP contribution in [0.3, 0.4) is 0 Å². The van der Waals surface area contributed by atoms with Crippen molar-refractivity contribution in [1.82, 2.24) is 4.57 Å². The Balaban J connectivity index is 2.29. The van der Waals surface area contributed by atoms with Crippen molar-refractivity contribution in [2.24, 2.45) is 4.40 Å². The lowest BCUT2D eigenvalue weighted by Gasteiger charge is -2.02. The summed E-state index contributed by atoms with van der Waals surface area (Å²) in [7, 11) is -3.86. The van der Waals surface area contributed by atoms with E-state index in [2.05, 4.69) is 11.0 Å². The highest BCUT2D eigenvalue weighted by Gasteiger charge is 2.15. The van der Waals surface area contributed by atoms with Crippen LogP contribution in [0.1, 0.15) is 0 Å². The monoisotopic (exact) mass is 348 g/mol. The van der Waals surface area contributed by atoms with Crippen LogP contribution in [-0.4, -0.2) is 13.0 Å². The van der Waals surface area contributed by atoms with Crippen LogP contribution in [0.15, 0.2) is 70.5 Å². The van der Waals surface area contributed by atoms with Gasteiger partial charge in [-0.25, -0.2) is 4.39 Å². The predicted octanol–water partition coefficient (Wildman–Crippen LogP) is 3.32. The van der Waals surface area contributed by atoms with Crippen LogP contribution in [0, 0.1) is 5.82 Å². The Morgan fingerprint density at radius 1 is 1.17 bits per heavy atom. The lowest BCUT2D eigenvalue weighted by atomic mass is 10.3. The summed E-state index contributed by atoms with van der Waals surface area (Å²) in [6, 6.07) is 12.6. The molecule has 1 aromatic heterocycles. The molecule has 7 heteroatoms. The van der Waals surface area contributed by atoms with Crippen molar-refractivity contribution in [1.29, 1.82) is 0 Å². The first-order valence-electron chi connectivity index (χ1n) is 6.78.